The molecular formula is C5H6NO3P. The number of ketones is 1. The summed E-state index contributed by atoms with van der Waals surface area (Å²) >= 11 is 0. The summed E-state index contributed by atoms with van der Waals surface area (Å²) < 4.78 is 14.0. The van der Waals surface area contributed by atoms with E-state index >= 15 is 0 Å². The lowest BCUT2D eigenvalue weighted by Gasteiger charge is -1.89. The van der Waals surface area contributed by atoms with Gasteiger partial charge >= 0.3 is 8.69 Å². The standard InChI is InChI=1S/C5H6NO3P/c6-4-5(7)2-1-3-9-10-8/h1-3H2. The van der Waals surface area contributed by atoms with Gasteiger partial charge in [0.15, 0.2) is 0 Å². The number of hydrogen-bond acceptors (Lipinski definition) is 4. The summed E-state index contributed by atoms with van der Waals surface area (Å²) in [6.45, 7) is 0.248. The van der Waals surface area contributed by atoms with Gasteiger partial charge in [-0.3, -0.25) is 9.32 Å². The lowest BCUT2D eigenvalue weighted by Crippen LogP contribution is -1.94. The highest BCUT2D eigenvalue weighted by Crippen LogP contribution is 1.98. The quantitative estimate of drug-likeness (QED) is 0.342. The van der Waals surface area contributed by atoms with E-state index in [1.807, 2.05) is 0 Å². The molecule has 5 heteroatoms. The molecule has 0 heterocycles. The molecule has 0 aromatic heterocycles. The van der Waals surface area contributed by atoms with Crippen molar-refractivity contribution in [1.82, 2.24) is 0 Å². The minimum atomic E-state index is -0.467. The van der Waals surface area contributed by atoms with Gasteiger partial charge in [-0.2, -0.15) is 5.26 Å². The van der Waals surface area contributed by atoms with Gasteiger partial charge in [-0.15, -0.1) is 0 Å². The van der Waals surface area contributed by atoms with E-state index in [2.05, 4.69) is 4.52 Å². The molecule has 0 aromatic rings. The molecule has 0 N–H and O–H groups in total. The van der Waals surface area contributed by atoms with E-state index in [4.69, 9.17) is 5.26 Å². The van der Waals surface area contributed by atoms with Crippen LogP contribution >= 0.6 is 8.69 Å². The highest BCUT2D eigenvalue weighted by molar-refractivity contribution is 7.17. The van der Waals surface area contributed by atoms with Crippen LogP contribution in [-0.4, -0.2) is 12.4 Å². The van der Waals surface area contributed by atoms with E-state index in [1.165, 1.54) is 6.07 Å². The fourth-order valence-corrected chi connectivity index (χ4v) is 0.594. The Morgan fingerprint density at radius 2 is 2.40 bits per heavy atom. The molecule has 0 amide bonds. The summed E-state index contributed by atoms with van der Waals surface area (Å²) in [6, 6.07) is 1.47. The summed E-state index contributed by atoms with van der Waals surface area (Å²) in [4.78, 5) is 10.3. The van der Waals surface area contributed by atoms with Gasteiger partial charge in [0, 0.05) is 6.42 Å². The number of rotatable bonds is 5. The van der Waals surface area contributed by atoms with E-state index in [0.29, 0.717) is 6.42 Å². The van der Waals surface area contributed by atoms with Gasteiger partial charge in [0.05, 0.1) is 6.61 Å². The lowest BCUT2D eigenvalue weighted by molar-refractivity contribution is -0.114. The van der Waals surface area contributed by atoms with Gasteiger partial charge < -0.3 is 0 Å². The normalized spacial score (nSPS) is 9.10. The van der Waals surface area contributed by atoms with Gasteiger partial charge in [-0.1, -0.05) is 0 Å². The minimum absolute atomic E-state index is 0.173. The van der Waals surface area contributed by atoms with Crippen molar-refractivity contribution >= 4 is 14.5 Å². The summed E-state index contributed by atoms with van der Waals surface area (Å²) in [7, 11) is -0.383. The zero-order chi connectivity index (χ0) is 7.82. The van der Waals surface area contributed by atoms with Crippen LogP contribution in [-0.2, 0) is 13.9 Å². The van der Waals surface area contributed by atoms with Crippen LogP contribution in [0.3, 0.4) is 0 Å². The maximum atomic E-state index is 10.3. The zero-order valence-electron chi connectivity index (χ0n) is 5.24. The van der Waals surface area contributed by atoms with Crippen LogP contribution in [0.25, 0.3) is 0 Å². The van der Waals surface area contributed by atoms with Crippen molar-refractivity contribution in [2.45, 2.75) is 12.8 Å². The van der Waals surface area contributed by atoms with E-state index in [0.717, 1.165) is 0 Å². The SMILES string of the molecule is N#CC(=O)CCCOP=O. The maximum Gasteiger partial charge on any atom is 0.327 e. The summed E-state index contributed by atoms with van der Waals surface area (Å²) in [5.74, 6) is -0.467. The molecule has 0 radical (unpaired) electrons. The van der Waals surface area contributed by atoms with Crippen LogP contribution in [0.15, 0.2) is 0 Å². The van der Waals surface area contributed by atoms with Crippen molar-refractivity contribution in [3.63, 3.8) is 0 Å². The molecule has 0 aliphatic heterocycles. The van der Waals surface area contributed by atoms with Gasteiger partial charge in [-0.05, 0) is 6.42 Å². The molecule has 0 saturated carbocycles. The number of Topliss-reactive ketones (excluding diaryl/α,β-unsaturated/α-hetero) is 1. The minimum Gasteiger partial charge on any atom is -0.294 e. The third-order valence-corrected chi connectivity index (χ3v) is 1.10. The number of carbonyl (C=O) groups is 1. The molecule has 54 valence electrons. The summed E-state index contributed by atoms with van der Waals surface area (Å²) in [5.41, 5.74) is 0. The molecule has 0 fully saturated rings. The number of carbonyl (C=O) groups excluding carboxylic acids is 1. The highest BCUT2D eigenvalue weighted by Gasteiger charge is 1.97. The lowest BCUT2D eigenvalue weighted by atomic mass is 10.2. The van der Waals surface area contributed by atoms with Crippen molar-refractivity contribution in [3.05, 3.63) is 0 Å². The van der Waals surface area contributed by atoms with E-state index in [-0.39, 0.29) is 21.7 Å². The largest absolute Gasteiger partial charge is 0.327 e. The third-order valence-electron chi connectivity index (χ3n) is 0.817. The van der Waals surface area contributed by atoms with Gasteiger partial charge in [0.25, 0.3) is 0 Å². The van der Waals surface area contributed by atoms with Gasteiger partial charge in [0.1, 0.15) is 6.07 Å². The molecule has 4 nitrogen and oxygen atoms in total. The molecule has 0 atom stereocenters. The van der Waals surface area contributed by atoms with Crippen molar-refractivity contribution < 1.29 is 13.9 Å². The van der Waals surface area contributed by atoms with Crippen LogP contribution in [0, 0.1) is 11.3 Å². The fraction of sp³-hybridized carbons (Fsp3) is 0.600. The molecule has 0 spiro atoms. The first-order valence-electron chi connectivity index (χ1n) is 2.69. The average molecular weight is 159 g/mol. The van der Waals surface area contributed by atoms with E-state index in [9.17, 15) is 9.36 Å². The number of hydrogen-bond donors (Lipinski definition) is 0. The van der Waals surface area contributed by atoms with Crippen molar-refractivity contribution in [2.75, 3.05) is 6.61 Å². The van der Waals surface area contributed by atoms with Crippen LogP contribution < -0.4 is 0 Å². The molecule has 0 bridgehead atoms. The summed E-state index contributed by atoms with van der Waals surface area (Å²) in [5, 5.41) is 7.99. The molecule has 0 aliphatic rings. The zero-order valence-corrected chi connectivity index (χ0v) is 6.13. The molecule has 10 heavy (non-hydrogen) atoms. The van der Waals surface area contributed by atoms with E-state index in [1.54, 1.807) is 0 Å². The van der Waals surface area contributed by atoms with Gasteiger partial charge in [-0.25, -0.2) is 4.57 Å². The Morgan fingerprint density at radius 3 is 2.90 bits per heavy atom. The first-order valence-corrected chi connectivity index (χ1v) is 3.42. The molecule has 0 aromatic carbocycles. The molecular weight excluding hydrogens is 153 g/mol. The van der Waals surface area contributed by atoms with Crippen molar-refractivity contribution in [2.24, 2.45) is 0 Å². The second-order valence-electron chi connectivity index (χ2n) is 1.55. The number of nitriles is 1. The highest BCUT2D eigenvalue weighted by atomic mass is 31.1. The average Bonchev–Trinajstić information content (AvgIpc) is 1.98. The van der Waals surface area contributed by atoms with Crippen LogP contribution in [0.1, 0.15) is 12.8 Å². The fourth-order valence-electron chi connectivity index (χ4n) is 0.390. The number of nitrogens with zero attached hydrogens (tertiary/aromatic N) is 1. The van der Waals surface area contributed by atoms with Crippen LogP contribution in [0.2, 0.25) is 0 Å². The topological polar surface area (TPSA) is 67.2 Å². The first kappa shape index (κ1) is 9.22. The van der Waals surface area contributed by atoms with E-state index < -0.39 is 5.78 Å². The van der Waals surface area contributed by atoms with Crippen molar-refractivity contribution in [3.8, 4) is 6.07 Å². The molecule has 0 rings (SSSR count). The van der Waals surface area contributed by atoms with Crippen LogP contribution in [0.5, 0.6) is 0 Å². The smallest absolute Gasteiger partial charge is 0.294 e. The predicted molar refractivity (Wildman–Crippen MR) is 33.4 cm³/mol. The predicted octanol–water partition coefficient (Wildman–Crippen LogP) is 1.08. The molecule has 0 saturated heterocycles. The Bertz CT molecular complexity index is 163. The third kappa shape index (κ3) is 5.36. The Balaban J connectivity index is 3.13. The second kappa shape index (κ2) is 6.34. The maximum absolute atomic E-state index is 10.3. The van der Waals surface area contributed by atoms with Crippen molar-refractivity contribution in [1.29, 1.82) is 5.26 Å². The first-order chi connectivity index (χ1) is 4.81. The monoisotopic (exact) mass is 159 g/mol. The second-order valence-corrected chi connectivity index (χ2v) is 1.95. The Labute approximate surface area is 60.1 Å². The van der Waals surface area contributed by atoms with Crippen LogP contribution in [0.4, 0.5) is 0 Å². The Morgan fingerprint density at radius 1 is 1.70 bits per heavy atom. The van der Waals surface area contributed by atoms with Gasteiger partial charge in [0.2, 0.25) is 5.78 Å². The Hall–Kier alpha value is -0.780. The molecule has 0 aliphatic carbocycles. The summed E-state index contributed by atoms with van der Waals surface area (Å²) in [6.07, 6.45) is 0.619. The molecule has 0 unspecified atom stereocenters. The Kier molecular flexibility index (Phi) is 5.85.